The second-order valence-electron chi connectivity index (χ2n) is 6.26. The first-order chi connectivity index (χ1) is 12.2. The van der Waals surface area contributed by atoms with E-state index in [2.05, 4.69) is 50.4 Å². The molecule has 2 aromatic rings. The molecule has 1 aliphatic heterocycles. The number of nitrogens with zero attached hydrogens (tertiary/aromatic N) is 1. The van der Waals surface area contributed by atoms with Gasteiger partial charge in [-0.2, -0.15) is 0 Å². The van der Waals surface area contributed by atoms with Crippen molar-refractivity contribution in [1.82, 2.24) is 0 Å². The Kier molecular flexibility index (Phi) is 6.82. The molecule has 0 spiro atoms. The van der Waals surface area contributed by atoms with Crippen LogP contribution in [-0.2, 0) is 10.5 Å². The van der Waals surface area contributed by atoms with Crippen molar-refractivity contribution in [3.8, 4) is 0 Å². The predicted molar refractivity (Wildman–Crippen MR) is 111 cm³/mol. The molecule has 0 atom stereocenters. The standard InChI is InChI=1S/C20H23BrN2OS/c21-17-6-4-16(5-7-17)14-25-15-20(24)22-18-8-10-19(11-9-18)23-12-2-1-3-13-23/h4-11H,1-3,12-15H2,(H,22,24). The third kappa shape index (κ3) is 5.79. The first-order valence-corrected chi connectivity index (χ1v) is 10.6. The first-order valence-electron chi connectivity index (χ1n) is 8.68. The second kappa shape index (κ2) is 9.30. The van der Waals surface area contributed by atoms with Gasteiger partial charge < -0.3 is 10.2 Å². The summed E-state index contributed by atoms with van der Waals surface area (Å²) in [5, 5.41) is 2.98. The SMILES string of the molecule is O=C(CSCc1ccc(Br)cc1)Nc1ccc(N2CCCCC2)cc1. The summed E-state index contributed by atoms with van der Waals surface area (Å²) in [5.74, 6) is 1.35. The molecular weight excluding hydrogens is 396 g/mol. The van der Waals surface area contributed by atoms with E-state index in [0.29, 0.717) is 5.75 Å². The molecule has 3 rings (SSSR count). The molecule has 0 aliphatic carbocycles. The molecule has 1 aliphatic rings. The topological polar surface area (TPSA) is 32.3 Å². The van der Waals surface area contributed by atoms with Crippen LogP contribution in [0.4, 0.5) is 11.4 Å². The Balaban J connectivity index is 1.43. The zero-order valence-corrected chi connectivity index (χ0v) is 16.6. The number of carbonyl (C=O) groups is 1. The van der Waals surface area contributed by atoms with Gasteiger partial charge in [-0.3, -0.25) is 4.79 Å². The number of halogens is 1. The van der Waals surface area contributed by atoms with Gasteiger partial charge in [0.15, 0.2) is 0 Å². The normalized spacial score (nSPS) is 14.4. The van der Waals surface area contributed by atoms with Crippen LogP contribution < -0.4 is 10.2 Å². The molecular formula is C20H23BrN2OS. The fraction of sp³-hybridized carbons (Fsp3) is 0.350. The molecule has 0 saturated carbocycles. The highest BCUT2D eigenvalue weighted by Crippen LogP contribution is 2.22. The Hall–Kier alpha value is -1.46. The van der Waals surface area contributed by atoms with Crippen LogP contribution in [-0.4, -0.2) is 24.7 Å². The molecule has 0 bridgehead atoms. The summed E-state index contributed by atoms with van der Waals surface area (Å²) in [6.07, 6.45) is 3.88. The molecule has 3 nitrogen and oxygen atoms in total. The molecule has 132 valence electrons. The van der Waals surface area contributed by atoms with E-state index in [9.17, 15) is 4.79 Å². The largest absolute Gasteiger partial charge is 0.372 e. The number of amides is 1. The van der Waals surface area contributed by atoms with Gasteiger partial charge in [-0.05, 0) is 61.2 Å². The third-order valence-electron chi connectivity index (χ3n) is 4.29. The summed E-state index contributed by atoms with van der Waals surface area (Å²) in [4.78, 5) is 14.5. The van der Waals surface area contributed by atoms with E-state index < -0.39 is 0 Å². The van der Waals surface area contributed by atoms with Gasteiger partial charge in [0.25, 0.3) is 0 Å². The van der Waals surface area contributed by atoms with Crippen LogP contribution >= 0.6 is 27.7 Å². The van der Waals surface area contributed by atoms with E-state index in [1.54, 1.807) is 11.8 Å². The second-order valence-corrected chi connectivity index (χ2v) is 8.16. The number of thioether (sulfide) groups is 1. The van der Waals surface area contributed by atoms with Crippen LogP contribution in [0.5, 0.6) is 0 Å². The van der Waals surface area contributed by atoms with Gasteiger partial charge in [-0.25, -0.2) is 0 Å². The van der Waals surface area contributed by atoms with Gasteiger partial charge in [0.1, 0.15) is 0 Å². The summed E-state index contributed by atoms with van der Waals surface area (Å²) in [5.41, 5.74) is 3.35. The summed E-state index contributed by atoms with van der Waals surface area (Å²) in [6.45, 7) is 2.27. The lowest BCUT2D eigenvalue weighted by molar-refractivity contribution is -0.113. The number of hydrogen-bond acceptors (Lipinski definition) is 3. The van der Waals surface area contributed by atoms with E-state index in [-0.39, 0.29) is 5.91 Å². The Morgan fingerprint density at radius 3 is 2.36 bits per heavy atom. The Morgan fingerprint density at radius 2 is 1.68 bits per heavy atom. The van der Waals surface area contributed by atoms with Gasteiger partial charge in [0.2, 0.25) is 5.91 Å². The van der Waals surface area contributed by atoms with Crippen molar-refractivity contribution in [3.63, 3.8) is 0 Å². The highest BCUT2D eigenvalue weighted by atomic mass is 79.9. The molecule has 0 aromatic heterocycles. The molecule has 1 amide bonds. The molecule has 1 heterocycles. The molecule has 0 radical (unpaired) electrons. The summed E-state index contributed by atoms with van der Waals surface area (Å²) in [6, 6.07) is 16.4. The van der Waals surface area contributed by atoms with Crippen molar-refractivity contribution in [2.75, 3.05) is 29.1 Å². The maximum Gasteiger partial charge on any atom is 0.234 e. The quantitative estimate of drug-likeness (QED) is 0.689. The molecule has 25 heavy (non-hydrogen) atoms. The van der Waals surface area contributed by atoms with Crippen molar-refractivity contribution < 1.29 is 4.79 Å². The average Bonchev–Trinajstić information content (AvgIpc) is 2.65. The summed E-state index contributed by atoms with van der Waals surface area (Å²) >= 11 is 5.06. The maximum atomic E-state index is 12.1. The number of rotatable bonds is 6. The average molecular weight is 419 g/mol. The fourth-order valence-corrected chi connectivity index (χ4v) is 4.00. The lowest BCUT2D eigenvalue weighted by atomic mass is 10.1. The number of anilines is 2. The van der Waals surface area contributed by atoms with Gasteiger partial charge in [-0.15, -0.1) is 11.8 Å². The Morgan fingerprint density at radius 1 is 1.00 bits per heavy atom. The van der Waals surface area contributed by atoms with Gasteiger partial charge in [0, 0.05) is 34.7 Å². The van der Waals surface area contributed by atoms with Crippen molar-refractivity contribution in [2.45, 2.75) is 25.0 Å². The van der Waals surface area contributed by atoms with Crippen LogP contribution in [0.3, 0.4) is 0 Å². The fourth-order valence-electron chi connectivity index (χ4n) is 2.95. The Bertz CT molecular complexity index is 682. The van der Waals surface area contributed by atoms with Crippen molar-refractivity contribution in [2.24, 2.45) is 0 Å². The number of hydrogen-bond donors (Lipinski definition) is 1. The summed E-state index contributed by atoms with van der Waals surface area (Å²) in [7, 11) is 0. The van der Waals surface area contributed by atoms with Crippen LogP contribution in [0, 0.1) is 0 Å². The van der Waals surface area contributed by atoms with E-state index in [1.165, 1.54) is 30.5 Å². The van der Waals surface area contributed by atoms with Gasteiger partial charge in [0.05, 0.1) is 5.75 Å². The van der Waals surface area contributed by atoms with Crippen LogP contribution in [0.2, 0.25) is 0 Å². The lowest BCUT2D eigenvalue weighted by Crippen LogP contribution is -2.29. The van der Waals surface area contributed by atoms with Gasteiger partial charge >= 0.3 is 0 Å². The first kappa shape index (κ1) is 18.3. The zero-order valence-electron chi connectivity index (χ0n) is 14.2. The van der Waals surface area contributed by atoms with Crippen molar-refractivity contribution >= 4 is 45.0 Å². The molecule has 5 heteroatoms. The lowest BCUT2D eigenvalue weighted by Gasteiger charge is -2.28. The minimum Gasteiger partial charge on any atom is -0.372 e. The van der Waals surface area contributed by atoms with Crippen molar-refractivity contribution in [1.29, 1.82) is 0 Å². The van der Waals surface area contributed by atoms with E-state index in [0.717, 1.165) is 29.0 Å². The monoisotopic (exact) mass is 418 g/mol. The third-order valence-corrected chi connectivity index (χ3v) is 5.82. The van der Waals surface area contributed by atoms with Crippen LogP contribution in [0.25, 0.3) is 0 Å². The molecule has 2 aromatic carbocycles. The number of nitrogens with one attached hydrogen (secondary N) is 1. The number of piperidine rings is 1. The molecule has 1 N–H and O–H groups in total. The smallest absolute Gasteiger partial charge is 0.234 e. The molecule has 1 fully saturated rings. The van der Waals surface area contributed by atoms with Gasteiger partial charge in [-0.1, -0.05) is 28.1 Å². The molecule has 1 saturated heterocycles. The minimum atomic E-state index is 0.0489. The van der Waals surface area contributed by atoms with E-state index >= 15 is 0 Å². The van der Waals surface area contributed by atoms with E-state index in [1.807, 2.05) is 24.3 Å². The summed E-state index contributed by atoms with van der Waals surface area (Å²) < 4.78 is 1.08. The maximum absolute atomic E-state index is 12.1. The predicted octanol–water partition coefficient (Wildman–Crippen LogP) is 5.31. The highest BCUT2D eigenvalue weighted by Gasteiger charge is 2.11. The zero-order chi connectivity index (χ0) is 17.5. The Labute approximate surface area is 162 Å². The van der Waals surface area contributed by atoms with Crippen LogP contribution in [0.15, 0.2) is 53.0 Å². The van der Waals surface area contributed by atoms with Crippen molar-refractivity contribution in [3.05, 3.63) is 58.6 Å². The van der Waals surface area contributed by atoms with E-state index in [4.69, 9.17) is 0 Å². The number of carbonyl (C=O) groups excluding carboxylic acids is 1. The van der Waals surface area contributed by atoms with Crippen LogP contribution in [0.1, 0.15) is 24.8 Å². The minimum absolute atomic E-state index is 0.0489. The molecule has 0 unspecified atom stereocenters. The number of benzene rings is 2. The highest BCUT2D eigenvalue weighted by molar-refractivity contribution is 9.10.